The van der Waals surface area contributed by atoms with Crippen molar-refractivity contribution in [1.29, 1.82) is 0 Å². The highest BCUT2D eigenvalue weighted by Gasteiger charge is 2.12. The van der Waals surface area contributed by atoms with Crippen LogP contribution in [0.1, 0.15) is 23.0 Å². The van der Waals surface area contributed by atoms with Crippen LogP contribution < -0.4 is 10.6 Å². The van der Waals surface area contributed by atoms with Gasteiger partial charge in [0.25, 0.3) is 0 Å². The van der Waals surface area contributed by atoms with E-state index < -0.39 is 5.97 Å². The van der Waals surface area contributed by atoms with Crippen molar-refractivity contribution < 1.29 is 14.3 Å². The van der Waals surface area contributed by atoms with Crippen molar-refractivity contribution in [3.63, 3.8) is 0 Å². The van der Waals surface area contributed by atoms with Crippen LogP contribution in [0, 0.1) is 0 Å². The zero-order valence-electron chi connectivity index (χ0n) is 10.7. The van der Waals surface area contributed by atoms with Gasteiger partial charge in [0.2, 0.25) is 0 Å². The average molecular weight is 260 g/mol. The van der Waals surface area contributed by atoms with E-state index in [1.807, 2.05) is 19.1 Å². The molecule has 0 saturated heterocycles. The predicted molar refractivity (Wildman–Crippen MR) is 73.2 cm³/mol. The standard InChI is InChI=1S/C14H16N2O3/c1-2-16(9-11-4-3-7-19-11)10-5-6-12(14(17)18)13(15)8-10/h3-8H,2,9,15H2,1H3,(H,17,18). The lowest BCUT2D eigenvalue weighted by Crippen LogP contribution is -2.22. The Hall–Kier alpha value is -2.43. The monoisotopic (exact) mass is 260 g/mol. The first-order valence-electron chi connectivity index (χ1n) is 6.02. The normalized spacial score (nSPS) is 10.4. The highest BCUT2D eigenvalue weighted by Crippen LogP contribution is 2.23. The van der Waals surface area contributed by atoms with Crippen molar-refractivity contribution >= 4 is 17.3 Å². The Morgan fingerprint density at radius 1 is 1.42 bits per heavy atom. The van der Waals surface area contributed by atoms with Crippen LogP contribution in [0.4, 0.5) is 11.4 Å². The summed E-state index contributed by atoms with van der Waals surface area (Å²) in [6, 6.07) is 8.70. The summed E-state index contributed by atoms with van der Waals surface area (Å²) in [5, 5.41) is 8.95. The van der Waals surface area contributed by atoms with Gasteiger partial charge in [-0.05, 0) is 37.3 Å². The van der Waals surface area contributed by atoms with E-state index in [0.717, 1.165) is 18.0 Å². The van der Waals surface area contributed by atoms with Crippen molar-refractivity contribution in [1.82, 2.24) is 0 Å². The van der Waals surface area contributed by atoms with E-state index in [0.29, 0.717) is 6.54 Å². The molecule has 5 heteroatoms. The summed E-state index contributed by atoms with van der Waals surface area (Å²) in [4.78, 5) is 13.0. The Morgan fingerprint density at radius 2 is 2.21 bits per heavy atom. The van der Waals surface area contributed by atoms with Crippen LogP contribution in [0.15, 0.2) is 41.0 Å². The maximum atomic E-state index is 10.9. The van der Waals surface area contributed by atoms with E-state index in [9.17, 15) is 4.79 Å². The van der Waals surface area contributed by atoms with Gasteiger partial charge in [-0.25, -0.2) is 4.79 Å². The second-order valence-corrected chi connectivity index (χ2v) is 4.17. The van der Waals surface area contributed by atoms with E-state index in [4.69, 9.17) is 15.3 Å². The summed E-state index contributed by atoms with van der Waals surface area (Å²) in [7, 11) is 0. The molecule has 0 aliphatic carbocycles. The number of carboxylic acid groups (broad SMARTS) is 1. The lowest BCUT2D eigenvalue weighted by Gasteiger charge is -2.22. The number of carboxylic acids is 1. The molecule has 0 saturated carbocycles. The third-order valence-electron chi connectivity index (χ3n) is 2.94. The molecule has 1 aromatic carbocycles. The van der Waals surface area contributed by atoms with Crippen LogP contribution in [0.2, 0.25) is 0 Å². The zero-order valence-corrected chi connectivity index (χ0v) is 10.7. The average Bonchev–Trinajstić information content (AvgIpc) is 2.88. The predicted octanol–water partition coefficient (Wildman–Crippen LogP) is 2.59. The molecule has 5 nitrogen and oxygen atoms in total. The third kappa shape index (κ3) is 2.88. The fourth-order valence-corrected chi connectivity index (χ4v) is 1.92. The molecule has 3 N–H and O–H groups in total. The number of hydrogen-bond donors (Lipinski definition) is 2. The number of benzene rings is 1. The number of nitrogens with two attached hydrogens (primary N) is 1. The molecular formula is C14H16N2O3. The molecule has 2 aromatic rings. The molecule has 19 heavy (non-hydrogen) atoms. The van der Waals surface area contributed by atoms with Crippen LogP contribution in [-0.4, -0.2) is 17.6 Å². The quantitative estimate of drug-likeness (QED) is 0.808. The number of anilines is 2. The minimum Gasteiger partial charge on any atom is -0.478 e. The Labute approximate surface area is 111 Å². The van der Waals surface area contributed by atoms with Gasteiger partial charge >= 0.3 is 5.97 Å². The molecule has 0 radical (unpaired) electrons. The summed E-state index contributed by atoms with van der Waals surface area (Å²) in [6.07, 6.45) is 1.63. The van der Waals surface area contributed by atoms with Crippen molar-refractivity contribution in [3.8, 4) is 0 Å². The van der Waals surface area contributed by atoms with Gasteiger partial charge < -0.3 is 20.2 Å². The molecule has 1 aromatic heterocycles. The van der Waals surface area contributed by atoms with E-state index >= 15 is 0 Å². The smallest absolute Gasteiger partial charge is 0.337 e. The number of hydrogen-bond acceptors (Lipinski definition) is 4. The molecule has 0 atom stereocenters. The van der Waals surface area contributed by atoms with Crippen LogP contribution in [0.3, 0.4) is 0 Å². The van der Waals surface area contributed by atoms with Gasteiger partial charge in [0, 0.05) is 17.9 Å². The number of carbonyl (C=O) groups is 1. The Morgan fingerprint density at radius 3 is 2.74 bits per heavy atom. The van der Waals surface area contributed by atoms with Gasteiger partial charge in [-0.1, -0.05) is 0 Å². The number of nitrogen functional groups attached to an aromatic ring is 1. The van der Waals surface area contributed by atoms with Crippen LogP contribution in [0.25, 0.3) is 0 Å². The molecule has 100 valence electrons. The molecule has 0 fully saturated rings. The molecule has 0 aliphatic rings. The molecule has 0 unspecified atom stereocenters. The minimum atomic E-state index is -1.02. The van der Waals surface area contributed by atoms with Crippen molar-refractivity contribution in [2.45, 2.75) is 13.5 Å². The summed E-state index contributed by atoms with van der Waals surface area (Å²) >= 11 is 0. The Balaban J connectivity index is 2.23. The molecule has 0 aliphatic heterocycles. The summed E-state index contributed by atoms with van der Waals surface area (Å²) in [5.41, 5.74) is 7.02. The van der Waals surface area contributed by atoms with E-state index in [1.165, 1.54) is 6.07 Å². The number of nitrogens with zero attached hydrogens (tertiary/aromatic N) is 1. The van der Waals surface area contributed by atoms with Crippen molar-refractivity contribution in [3.05, 3.63) is 47.9 Å². The second-order valence-electron chi connectivity index (χ2n) is 4.17. The fraction of sp³-hybridized carbons (Fsp3) is 0.214. The zero-order chi connectivity index (χ0) is 13.8. The SMILES string of the molecule is CCN(Cc1ccco1)c1ccc(C(=O)O)c(N)c1. The first-order chi connectivity index (χ1) is 9.11. The fourth-order valence-electron chi connectivity index (χ4n) is 1.92. The minimum absolute atomic E-state index is 0.123. The van der Waals surface area contributed by atoms with Crippen LogP contribution >= 0.6 is 0 Å². The number of aromatic carboxylic acids is 1. The highest BCUT2D eigenvalue weighted by atomic mass is 16.4. The van der Waals surface area contributed by atoms with Crippen LogP contribution in [-0.2, 0) is 6.54 Å². The van der Waals surface area contributed by atoms with E-state index in [2.05, 4.69) is 4.90 Å². The van der Waals surface area contributed by atoms with Gasteiger partial charge in [-0.15, -0.1) is 0 Å². The first-order valence-corrected chi connectivity index (χ1v) is 6.02. The Kier molecular flexibility index (Phi) is 3.75. The van der Waals surface area contributed by atoms with E-state index in [1.54, 1.807) is 18.4 Å². The number of rotatable bonds is 5. The van der Waals surface area contributed by atoms with Crippen molar-refractivity contribution in [2.75, 3.05) is 17.2 Å². The second kappa shape index (κ2) is 5.48. The highest BCUT2D eigenvalue weighted by molar-refractivity contribution is 5.94. The molecule has 0 bridgehead atoms. The molecule has 0 spiro atoms. The van der Waals surface area contributed by atoms with E-state index in [-0.39, 0.29) is 11.3 Å². The third-order valence-corrected chi connectivity index (χ3v) is 2.94. The van der Waals surface area contributed by atoms with Crippen LogP contribution in [0.5, 0.6) is 0 Å². The maximum absolute atomic E-state index is 10.9. The van der Waals surface area contributed by atoms with Gasteiger partial charge in [0.05, 0.1) is 18.4 Å². The van der Waals surface area contributed by atoms with Gasteiger partial charge in [-0.3, -0.25) is 0 Å². The van der Waals surface area contributed by atoms with Gasteiger partial charge in [-0.2, -0.15) is 0 Å². The first kappa shape index (κ1) is 13.0. The number of furan rings is 1. The molecule has 1 heterocycles. The summed E-state index contributed by atoms with van der Waals surface area (Å²) in [6.45, 7) is 3.41. The van der Waals surface area contributed by atoms with Crippen molar-refractivity contribution in [2.24, 2.45) is 0 Å². The Bertz CT molecular complexity index is 564. The molecule has 0 amide bonds. The topological polar surface area (TPSA) is 79.7 Å². The lowest BCUT2D eigenvalue weighted by atomic mass is 10.1. The molecular weight excluding hydrogens is 244 g/mol. The van der Waals surface area contributed by atoms with Gasteiger partial charge in [0.1, 0.15) is 5.76 Å². The maximum Gasteiger partial charge on any atom is 0.337 e. The summed E-state index contributed by atoms with van der Waals surface area (Å²) < 4.78 is 5.31. The summed E-state index contributed by atoms with van der Waals surface area (Å²) in [5.74, 6) is -0.166. The molecule has 2 rings (SSSR count). The van der Waals surface area contributed by atoms with Gasteiger partial charge in [0.15, 0.2) is 0 Å². The lowest BCUT2D eigenvalue weighted by molar-refractivity contribution is 0.0698. The largest absolute Gasteiger partial charge is 0.478 e.